The van der Waals surface area contributed by atoms with E-state index in [1.165, 1.54) is 31.1 Å². The van der Waals surface area contributed by atoms with E-state index in [1.807, 2.05) is 0 Å². The fraction of sp³-hybridized carbons (Fsp3) is 0.647. The maximum atomic E-state index is 12.1. The van der Waals surface area contributed by atoms with Gasteiger partial charge in [0.25, 0.3) is 5.91 Å². The van der Waals surface area contributed by atoms with Gasteiger partial charge in [0, 0.05) is 6.54 Å². The number of carbonyl (C=O) groups is 1. The molecule has 0 aliphatic heterocycles. The van der Waals surface area contributed by atoms with Crippen LogP contribution in [0.5, 0.6) is 0 Å². The summed E-state index contributed by atoms with van der Waals surface area (Å²) in [6.07, 6.45) is 10.3. The van der Waals surface area contributed by atoms with E-state index in [4.69, 9.17) is 10.2 Å². The zero-order valence-electron chi connectivity index (χ0n) is 13.6. The molecule has 1 amide bonds. The van der Waals surface area contributed by atoms with Gasteiger partial charge in [-0.15, -0.1) is 0 Å². The molecule has 1 heterocycles. The molecule has 5 nitrogen and oxygen atoms in total. The quantitative estimate of drug-likeness (QED) is 0.757. The van der Waals surface area contributed by atoms with Crippen molar-refractivity contribution in [1.29, 1.82) is 0 Å². The van der Waals surface area contributed by atoms with E-state index >= 15 is 0 Å². The average Bonchev–Trinajstić information content (AvgIpc) is 2.97. The first kappa shape index (κ1) is 16.7. The zero-order chi connectivity index (χ0) is 15.9. The van der Waals surface area contributed by atoms with Gasteiger partial charge in [0.1, 0.15) is 6.26 Å². The lowest BCUT2D eigenvalue weighted by Crippen LogP contribution is -2.25. The van der Waals surface area contributed by atoms with Gasteiger partial charge in [0.2, 0.25) is 5.89 Å². The number of oxazole rings is 1. The van der Waals surface area contributed by atoms with Gasteiger partial charge in [-0.05, 0) is 44.4 Å². The van der Waals surface area contributed by atoms with Crippen LogP contribution in [-0.2, 0) is 0 Å². The van der Waals surface area contributed by atoms with Crippen LogP contribution in [-0.4, -0.2) is 17.4 Å². The van der Waals surface area contributed by atoms with Crippen LogP contribution < -0.4 is 11.1 Å². The topological polar surface area (TPSA) is 81.1 Å². The summed E-state index contributed by atoms with van der Waals surface area (Å²) in [5, 5.41) is 2.90. The minimum atomic E-state index is -0.256. The number of allylic oxidation sites excluding steroid dienone is 1. The minimum absolute atomic E-state index is 0.192. The van der Waals surface area contributed by atoms with Crippen molar-refractivity contribution in [1.82, 2.24) is 10.3 Å². The third kappa shape index (κ3) is 4.98. The van der Waals surface area contributed by atoms with Crippen LogP contribution in [0.3, 0.4) is 0 Å². The molecule has 1 atom stereocenters. The Balaban J connectivity index is 1.80. The zero-order valence-corrected chi connectivity index (χ0v) is 13.6. The summed E-state index contributed by atoms with van der Waals surface area (Å²) >= 11 is 0. The summed E-state index contributed by atoms with van der Waals surface area (Å²) < 4.78 is 5.34. The maximum Gasteiger partial charge on any atom is 0.273 e. The van der Waals surface area contributed by atoms with Gasteiger partial charge in [-0.2, -0.15) is 0 Å². The van der Waals surface area contributed by atoms with Crippen molar-refractivity contribution in [3.05, 3.63) is 29.5 Å². The number of carbonyl (C=O) groups excluding carboxylic acids is 1. The summed E-state index contributed by atoms with van der Waals surface area (Å²) in [5.74, 6) is 0.708. The van der Waals surface area contributed by atoms with Crippen molar-refractivity contribution in [3.63, 3.8) is 0 Å². The molecule has 3 N–H and O–H groups in total. The Morgan fingerprint density at radius 2 is 2.27 bits per heavy atom. The fourth-order valence-electron chi connectivity index (χ4n) is 2.73. The summed E-state index contributed by atoms with van der Waals surface area (Å²) in [4.78, 5) is 16.3. The van der Waals surface area contributed by atoms with Crippen molar-refractivity contribution in [2.24, 2.45) is 11.7 Å². The Kier molecular flexibility index (Phi) is 6.19. The molecule has 1 aromatic heterocycles. The molecular formula is C17H27N3O2. The van der Waals surface area contributed by atoms with Crippen LogP contribution in [0.1, 0.15) is 74.8 Å². The van der Waals surface area contributed by atoms with Gasteiger partial charge >= 0.3 is 0 Å². The number of nitrogens with zero attached hydrogens (tertiary/aromatic N) is 1. The molecule has 2 rings (SSSR count). The number of amides is 1. The molecular weight excluding hydrogens is 278 g/mol. The van der Waals surface area contributed by atoms with E-state index in [-0.39, 0.29) is 11.9 Å². The Morgan fingerprint density at radius 3 is 2.95 bits per heavy atom. The van der Waals surface area contributed by atoms with E-state index < -0.39 is 0 Å². The van der Waals surface area contributed by atoms with Crippen LogP contribution in [0.4, 0.5) is 0 Å². The van der Waals surface area contributed by atoms with Gasteiger partial charge < -0.3 is 15.5 Å². The maximum absolute atomic E-state index is 12.1. The SMILES string of the molecule is CC(C)CC(N)c1nc(C(=O)NCCC2=CCCCC2)co1. The van der Waals surface area contributed by atoms with Crippen LogP contribution in [0, 0.1) is 5.92 Å². The highest BCUT2D eigenvalue weighted by molar-refractivity contribution is 5.91. The van der Waals surface area contributed by atoms with Crippen LogP contribution in [0.2, 0.25) is 0 Å². The third-order valence-corrected chi connectivity index (χ3v) is 3.91. The third-order valence-electron chi connectivity index (χ3n) is 3.91. The molecule has 1 unspecified atom stereocenters. The summed E-state index contributed by atoms with van der Waals surface area (Å²) in [6, 6.07) is -0.256. The molecule has 0 spiro atoms. The van der Waals surface area contributed by atoms with E-state index in [2.05, 4.69) is 30.2 Å². The second-order valence-electron chi connectivity index (χ2n) is 6.42. The number of hydrogen-bond acceptors (Lipinski definition) is 4. The predicted molar refractivity (Wildman–Crippen MR) is 86.4 cm³/mol. The molecule has 0 bridgehead atoms. The summed E-state index contributed by atoms with van der Waals surface area (Å²) in [5.41, 5.74) is 7.77. The van der Waals surface area contributed by atoms with Gasteiger partial charge in [-0.1, -0.05) is 25.5 Å². The first-order valence-corrected chi connectivity index (χ1v) is 8.23. The Morgan fingerprint density at radius 1 is 1.45 bits per heavy atom. The smallest absolute Gasteiger partial charge is 0.273 e. The Hall–Kier alpha value is -1.62. The highest BCUT2D eigenvalue weighted by atomic mass is 16.3. The minimum Gasteiger partial charge on any atom is -0.446 e. The Labute approximate surface area is 132 Å². The second-order valence-corrected chi connectivity index (χ2v) is 6.42. The molecule has 122 valence electrons. The molecule has 1 aromatic rings. The van der Waals surface area contributed by atoms with Crippen LogP contribution in [0.15, 0.2) is 22.3 Å². The molecule has 0 fully saturated rings. The van der Waals surface area contributed by atoms with E-state index in [0.29, 0.717) is 24.0 Å². The molecule has 1 aliphatic carbocycles. The first-order chi connectivity index (χ1) is 10.6. The average molecular weight is 305 g/mol. The predicted octanol–water partition coefficient (Wildman–Crippen LogP) is 3.34. The summed E-state index contributed by atoms with van der Waals surface area (Å²) in [7, 11) is 0. The fourth-order valence-corrected chi connectivity index (χ4v) is 2.73. The molecule has 0 saturated heterocycles. The molecule has 0 saturated carbocycles. The lowest BCUT2D eigenvalue weighted by atomic mass is 9.97. The lowest BCUT2D eigenvalue weighted by molar-refractivity contribution is 0.0949. The number of nitrogens with two attached hydrogens (primary N) is 1. The normalized spacial score (nSPS) is 16.5. The summed E-state index contributed by atoms with van der Waals surface area (Å²) in [6.45, 7) is 4.83. The van der Waals surface area contributed by atoms with E-state index in [0.717, 1.165) is 19.3 Å². The van der Waals surface area contributed by atoms with Crippen molar-refractivity contribution >= 4 is 5.91 Å². The molecule has 0 aromatic carbocycles. The first-order valence-electron chi connectivity index (χ1n) is 8.23. The largest absolute Gasteiger partial charge is 0.446 e. The van der Waals surface area contributed by atoms with Crippen molar-refractivity contribution in [2.45, 2.75) is 58.4 Å². The number of nitrogens with one attached hydrogen (secondary N) is 1. The van der Waals surface area contributed by atoms with Crippen molar-refractivity contribution < 1.29 is 9.21 Å². The highest BCUT2D eigenvalue weighted by Gasteiger charge is 2.17. The van der Waals surface area contributed by atoms with Gasteiger partial charge in [0.15, 0.2) is 5.69 Å². The number of rotatable bonds is 7. The monoisotopic (exact) mass is 305 g/mol. The van der Waals surface area contributed by atoms with Crippen LogP contribution in [0.25, 0.3) is 0 Å². The lowest BCUT2D eigenvalue weighted by Gasteiger charge is -2.12. The number of hydrogen-bond donors (Lipinski definition) is 2. The standard InChI is InChI=1S/C17H27N3O2/c1-12(2)10-14(18)17-20-15(11-22-17)16(21)19-9-8-13-6-4-3-5-7-13/h6,11-12,14H,3-5,7-10,18H2,1-2H3,(H,19,21). The number of aromatic nitrogens is 1. The Bertz CT molecular complexity index is 520. The molecule has 0 radical (unpaired) electrons. The highest BCUT2D eigenvalue weighted by Crippen LogP contribution is 2.20. The van der Waals surface area contributed by atoms with Crippen molar-refractivity contribution in [2.75, 3.05) is 6.54 Å². The van der Waals surface area contributed by atoms with Gasteiger partial charge in [-0.3, -0.25) is 4.79 Å². The second kappa shape index (κ2) is 8.13. The van der Waals surface area contributed by atoms with E-state index in [9.17, 15) is 4.79 Å². The van der Waals surface area contributed by atoms with E-state index in [1.54, 1.807) is 0 Å². The van der Waals surface area contributed by atoms with Gasteiger partial charge in [-0.25, -0.2) is 4.98 Å². The van der Waals surface area contributed by atoms with Gasteiger partial charge in [0.05, 0.1) is 6.04 Å². The van der Waals surface area contributed by atoms with Crippen molar-refractivity contribution in [3.8, 4) is 0 Å². The molecule has 5 heteroatoms. The van der Waals surface area contributed by atoms with Crippen LogP contribution >= 0.6 is 0 Å². The molecule has 1 aliphatic rings. The molecule has 22 heavy (non-hydrogen) atoms.